The van der Waals surface area contributed by atoms with E-state index < -0.39 is 0 Å². The molecule has 3 heterocycles. The van der Waals surface area contributed by atoms with E-state index in [4.69, 9.17) is 5.26 Å². The van der Waals surface area contributed by atoms with Crippen molar-refractivity contribution >= 4 is 29.4 Å². The molecule has 32 heavy (non-hydrogen) atoms. The number of carbonyl (C=O) groups excluding carboxylic acids is 2. The van der Waals surface area contributed by atoms with Crippen molar-refractivity contribution < 1.29 is 9.59 Å². The predicted octanol–water partition coefficient (Wildman–Crippen LogP) is 1.69. The monoisotopic (exact) mass is 450 g/mol. The largest absolute Gasteiger partial charge is 0.353 e. The number of amides is 2. The zero-order valence-corrected chi connectivity index (χ0v) is 18.6. The average molecular weight is 451 g/mol. The quantitative estimate of drug-likeness (QED) is 0.691. The Morgan fingerprint density at radius 3 is 2.62 bits per heavy atom. The molecule has 0 saturated carbocycles. The number of nitrogens with one attached hydrogen (secondary N) is 2. The Bertz CT molecular complexity index is 970. The molecule has 1 aromatic heterocycles. The van der Waals surface area contributed by atoms with Crippen molar-refractivity contribution in [2.45, 2.75) is 30.1 Å². The second-order valence-corrected chi connectivity index (χ2v) is 8.99. The van der Waals surface area contributed by atoms with Crippen LogP contribution in [0.5, 0.6) is 0 Å². The van der Waals surface area contributed by atoms with Crippen molar-refractivity contribution in [3.8, 4) is 6.07 Å². The lowest BCUT2D eigenvalue weighted by molar-refractivity contribution is -0.132. The van der Waals surface area contributed by atoms with E-state index in [-0.39, 0.29) is 23.4 Å². The Kier molecular flexibility index (Phi) is 7.24. The van der Waals surface area contributed by atoms with E-state index in [1.165, 1.54) is 0 Å². The molecular formula is C23H26N6O2S. The number of benzene rings is 1. The molecule has 8 nitrogen and oxygen atoms in total. The molecule has 2 aliphatic heterocycles. The number of hydrogen-bond acceptors (Lipinski definition) is 7. The molecule has 2 fully saturated rings. The third-order valence-electron chi connectivity index (χ3n) is 5.64. The van der Waals surface area contributed by atoms with Gasteiger partial charge in [-0.15, -0.1) is 11.8 Å². The van der Waals surface area contributed by atoms with Crippen molar-refractivity contribution in [2.75, 3.05) is 31.1 Å². The first kappa shape index (κ1) is 22.1. The molecule has 0 aliphatic carbocycles. The number of anilines is 1. The Morgan fingerprint density at radius 1 is 1.16 bits per heavy atom. The molecule has 4 rings (SSSR count). The maximum Gasteiger partial charge on any atom is 0.224 e. The highest BCUT2D eigenvalue weighted by atomic mass is 32.2. The highest BCUT2D eigenvalue weighted by molar-refractivity contribution is 7.99. The fourth-order valence-corrected chi connectivity index (χ4v) is 4.94. The second-order valence-electron chi connectivity index (χ2n) is 7.89. The molecule has 2 N–H and O–H groups in total. The highest BCUT2D eigenvalue weighted by Crippen LogP contribution is 2.20. The summed E-state index contributed by atoms with van der Waals surface area (Å²) in [6.45, 7) is 2.82. The lowest BCUT2D eigenvalue weighted by Gasteiger charge is -2.37. The second kappa shape index (κ2) is 10.5. The molecule has 0 spiro atoms. The van der Waals surface area contributed by atoms with Gasteiger partial charge >= 0.3 is 0 Å². The number of carbonyl (C=O) groups is 2. The average Bonchev–Trinajstić information content (AvgIpc) is 2.83. The van der Waals surface area contributed by atoms with E-state index in [0.717, 1.165) is 24.5 Å². The van der Waals surface area contributed by atoms with Gasteiger partial charge in [0.2, 0.25) is 11.8 Å². The number of pyridine rings is 1. The van der Waals surface area contributed by atoms with E-state index in [1.54, 1.807) is 30.1 Å². The molecule has 2 amide bonds. The van der Waals surface area contributed by atoms with Crippen molar-refractivity contribution in [3.63, 3.8) is 0 Å². The zero-order chi connectivity index (χ0) is 22.3. The molecule has 1 aromatic carbocycles. The van der Waals surface area contributed by atoms with Crippen LogP contribution in [0.2, 0.25) is 0 Å². The van der Waals surface area contributed by atoms with Gasteiger partial charge in [-0.3, -0.25) is 14.9 Å². The minimum atomic E-state index is -0.245. The summed E-state index contributed by atoms with van der Waals surface area (Å²) >= 11 is 1.57. The van der Waals surface area contributed by atoms with Gasteiger partial charge in [0, 0.05) is 57.0 Å². The smallest absolute Gasteiger partial charge is 0.224 e. The normalized spacial score (nSPS) is 21.0. The van der Waals surface area contributed by atoms with E-state index in [1.807, 2.05) is 35.2 Å². The maximum atomic E-state index is 12.8. The summed E-state index contributed by atoms with van der Waals surface area (Å²) in [4.78, 5) is 33.5. The van der Waals surface area contributed by atoms with Crippen LogP contribution in [0, 0.1) is 11.3 Å². The van der Waals surface area contributed by atoms with Gasteiger partial charge in [0.15, 0.2) is 0 Å². The van der Waals surface area contributed by atoms with Crippen molar-refractivity contribution in [2.24, 2.45) is 0 Å². The van der Waals surface area contributed by atoms with Gasteiger partial charge in [0.25, 0.3) is 0 Å². The fraction of sp³-hybridized carbons (Fsp3) is 0.391. The molecule has 2 aromatic rings. The highest BCUT2D eigenvalue weighted by Gasteiger charge is 2.30. The summed E-state index contributed by atoms with van der Waals surface area (Å²) in [5.74, 6) is 1.67. The maximum absolute atomic E-state index is 12.8. The van der Waals surface area contributed by atoms with Gasteiger partial charge < -0.3 is 15.1 Å². The van der Waals surface area contributed by atoms with Crippen molar-refractivity contribution in [1.82, 2.24) is 20.5 Å². The third kappa shape index (κ3) is 5.78. The Morgan fingerprint density at radius 2 is 1.94 bits per heavy atom. The van der Waals surface area contributed by atoms with Crippen LogP contribution in [-0.4, -0.2) is 59.4 Å². The summed E-state index contributed by atoms with van der Waals surface area (Å²) in [6.07, 6.45) is 2.39. The van der Waals surface area contributed by atoms with Crippen LogP contribution in [-0.2, 0) is 15.3 Å². The number of thioether (sulfide) groups is 1. The minimum absolute atomic E-state index is 0.0427. The summed E-state index contributed by atoms with van der Waals surface area (Å²) < 4.78 is 0. The SMILES string of the molecule is N#Cc1ccc(CSC2NC(=O)CC(CC(=O)N3CCN(c4ccccn4)CC3)N2)cc1. The van der Waals surface area contributed by atoms with Gasteiger partial charge in [-0.1, -0.05) is 18.2 Å². The van der Waals surface area contributed by atoms with Crippen LogP contribution in [0.25, 0.3) is 0 Å². The lowest BCUT2D eigenvalue weighted by Crippen LogP contribution is -2.56. The number of aromatic nitrogens is 1. The fourth-order valence-electron chi connectivity index (χ4n) is 3.89. The zero-order valence-electron chi connectivity index (χ0n) is 17.7. The van der Waals surface area contributed by atoms with Crippen LogP contribution in [0.3, 0.4) is 0 Å². The molecular weight excluding hydrogens is 424 g/mol. The molecule has 2 unspecified atom stereocenters. The van der Waals surface area contributed by atoms with Gasteiger partial charge in [-0.05, 0) is 29.8 Å². The molecule has 0 bridgehead atoms. The van der Waals surface area contributed by atoms with Gasteiger partial charge in [0.1, 0.15) is 11.3 Å². The molecule has 0 radical (unpaired) electrons. The van der Waals surface area contributed by atoms with Gasteiger partial charge in [-0.2, -0.15) is 5.26 Å². The van der Waals surface area contributed by atoms with Crippen LogP contribution in [0.1, 0.15) is 24.0 Å². The summed E-state index contributed by atoms with van der Waals surface area (Å²) in [6, 6.07) is 15.2. The number of nitriles is 1. The molecule has 9 heteroatoms. The van der Waals surface area contributed by atoms with E-state index in [2.05, 4.69) is 26.6 Å². The number of piperazine rings is 1. The third-order valence-corrected chi connectivity index (χ3v) is 6.72. The number of hydrogen-bond donors (Lipinski definition) is 2. The first-order valence-corrected chi connectivity index (χ1v) is 11.8. The Labute approximate surface area is 192 Å². The summed E-state index contributed by atoms with van der Waals surface area (Å²) in [7, 11) is 0. The van der Waals surface area contributed by atoms with E-state index >= 15 is 0 Å². The molecule has 2 aliphatic rings. The van der Waals surface area contributed by atoms with E-state index in [9.17, 15) is 9.59 Å². The number of nitrogens with zero attached hydrogens (tertiary/aromatic N) is 4. The van der Waals surface area contributed by atoms with Crippen LogP contribution in [0.15, 0.2) is 48.7 Å². The molecule has 2 atom stereocenters. The topological polar surface area (TPSA) is 101 Å². The molecule has 166 valence electrons. The van der Waals surface area contributed by atoms with Crippen LogP contribution in [0.4, 0.5) is 5.82 Å². The summed E-state index contributed by atoms with van der Waals surface area (Å²) in [5, 5.41) is 15.2. The summed E-state index contributed by atoms with van der Waals surface area (Å²) in [5.41, 5.74) is 1.46. The van der Waals surface area contributed by atoms with Crippen LogP contribution < -0.4 is 15.5 Å². The minimum Gasteiger partial charge on any atom is -0.353 e. The first-order chi connectivity index (χ1) is 15.6. The molecule has 2 saturated heterocycles. The predicted molar refractivity (Wildman–Crippen MR) is 124 cm³/mol. The standard InChI is InChI=1S/C23H26N6O2S/c24-15-17-4-6-18(7-5-17)16-32-23-26-19(13-21(30)27-23)14-22(31)29-11-9-28(10-12-29)20-3-1-2-8-25-20/h1-8,19,23,26H,9-14,16H2,(H,27,30). The Hall–Kier alpha value is -3.09. The van der Waals surface area contributed by atoms with Gasteiger partial charge in [-0.25, -0.2) is 4.98 Å². The number of rotatable bonds is 6. The first-order valence-electron chi connectivity index (χ1n) is 10.7. The van der Waals surface area contributed by atoms with E-state index in [0.29, 0.717) is 37.2 Å². The van der Waals surface area contributed by atoms with Gasteiger partial charge in [0.05, 0.1) is 11.6 Å². The van der Waals surface area contributed by atoms with Crippen LogP contribution >= 0.6 is 11.8 Å². The Balaban J connectivity index is 1.25. The van der Waals surface area contributed by atoms with Crippen molar-refractivity contribution in [3.05, 3.63) is 59.8 Å². The lowest BCUT2D eigenvalue weighted by atomic mass is 10.1. The van der Waals surface area contributed by atoms with Crippen molar-refractivity contribution in [1.29, 1.82) is 5.26 Å².